The van der Waals surface area contributed by atoms with E-state index in [-0.39, 0.29) is 12.8 Å². The van der Waals surface area contributed by atoms with Crippen LogP contribution in [0.15, 0.2) is 24.3 Å². The normalized spacial score (nSPS) is 17.2. The summed E-state index contributed by atoms with van der Waals surface area (Å²) in [4.78, 5) is 23.6. The van der Waals surface area contributed by atoms with Crippen molar-refractivity contribution in [2.24, 2.45) is 0 Å². The Morgan fingerprint density at radius 2 is 1.85 bits per heavy atom. The van der Waals surface area contributed by atoms with E-state index in [1.54, 1.807) is 24.3 Å². The van der Waals surface area contributed by atoms with Crippen LogP contribution in [0, 0.1) is 0 Å². The number of benzene rings is 1. The number of carboxylic acids is 1. The fraction of sp³-hybridized carbons (Fsp3) is 0.429. The van der Waals surface area contributed by atoms with Crippen LogP contribution < -0.4 is 10.1 Å². The summed E-state index contributed by atoms with van der Waals surface area (Å²) in [6.07, 6.45) is 0.536. The molecule has 0 aliphatic carbocycles. The third kappa shape index (κ3) is 2.91. The van der Waals surface area contributed by atoms with Gasteiger partial charge in [0.05, 0.1) is 7.11 Å². The fourth-order valence-corrected chi connectivity index (χ4v) is 2.14. The van der Waals surface area contributed by atoms with Crippen molar-refractivity contribution in [1.29, 1.82) is 0 Å². The predicted octanol–water partition coefficient (Wildman–Crippen LogP) is 1.06. The molecule has 0 radical (unpaired) electrons. The van der Waals surface area contributed by atoms with Crippen LogP contribution in [0.25, 0.3) is 0 Å². The number of carbonyl (C=O) groups is 2. The van der Waals surface area contributed by atoms with E-state index in [1.807, 2.05) is 0 Å². The molecule has 0 bridgehead atoms. The summed E-state index contributed by atoms with van der Waals surface area (Å²) in [6, 6.07) is 6.52. The number of aliphatic carboxylic acids is 1. The number of hydrogen-bond acceptors (Lipinski definition) is 4. The quantitative estimate of drug-likeness (QED) is 0.860. The Hall–Kier alpha value is -2.08. The molecular weight excluding hydrogens is 262 g/mol. The molecule has 1 aliphatic heterocycles. The highest BCUT2D eigenvalue weighted by molar-refractivity contribution is 5.98. The number of amides is 1. The van der Waals surface area contributed by atoms with Gasteiger partial charge >= 0.3 is 5.97 Å². The summed E-state index contributed by atoms with van der Waals surface area (Å²) in [5.41, 5.74) is -0.840. The summed E-state index contributed by atoms with van der Waals surface area (Å²) < 4.78 is 10.2. The second-order valence-electron chi connectivity index (χ2n) is 4.68. The average Bonchev–Trinajstić information content (AvgIpc) is 2.48. The molecule has 0 spiro atoms. The van der Waals surface area contributed by atoms with Gasteiger partial charge in [0.15, 0.2) is 0 Å². The lowest BCUT2D eigenvalue weighted by molar-refractivity contribution is -0.148. The minimum Gasteiger partial charge on any atom is -0.497 e. The molecule has 2 N–H and O–H groups in total. The molecule has 0 unspecified atom stereocenters. The van der Waals surface area contributed by atoms with Crippen molar-refractivity contribution in [1.82, 2.24) is 5.32 Å². The monoisotopic (exact) mass is 279 g/mol. The van der Waals surface area contributed by atoms with Crippen LogP contribution in [-0.2, 0) is 9.53 Å². The van der Waals surface area contributed by atoms with Gasteiger partial charge in [0.1, 0.15) is 11.3 Å². The Labute approximate surface area is 116 Å². The highest BCUT2D eigenvalue weighted by Crippen LogP contribution is 2.22. The first kappa shape index (κ1) is 14.3. The third-order valence-corrected chi connectivity index (χ3v) is 3.46. The van der Waals surface area contributed by atoms with E-state index in [4.69, 9.17) is 9.47 Å². The Kier molecular flexibility index (Phi) is 4.24. The molecule has 108 valence electrons. The lowest BCUT2D eigenvalue weighted by atomic mass is 9.89. The van der Waals surface area contributed by atoms with Crippen molar-refractivity contribution in [3.05, 3.63) is 29.8 Å². The van der Waals surface area contributed by atoms with Crippen LogP contribution in [0.4, 0.5) is 0 Å². The van der Waals surface area contributed by atoms with E-state index in [0.717, 1.165) is 0 Å². The fourth-order valence-electron chi connectivity index (χ4n) is 2.14. The average molecular weight is 279 g/mol. The van der Waals surface area contributed by atoms with Crippen LogP contribution in [0.1, 0.15) is 23.2 Å². The zero-order valence-electron chi connectivity index (χ0n) is 11.2. The van der Waals surface area contributed by atoms with Gasteiger partial charge in [0.2, 0.25) is 0 Å². The zero-order chi connectivity index (χ0) is 14.6. The van der Waals surface area contributed by atoms with Crippen molar-refractivity contribution in [3.8, 4) is 5.75 Å². The molecule has 20 heavy (non-hydrogen) atoms. The highest BCUT2D eigenvalue weighted by atomic mass is 16.5. The Balaban J connectivity index is 2.13. The summed E-state index contributed by atoms with van der Waals surface area (Å²) in [5, 5.41) is 12.0. The first-order valence-electron chi connectivity index (χ1n) is 6.35. The number of nitrogens with one attached hydrogen (secondary N) is 1. The molecule has 1 fully saturated rings. The molecule has 1 aliphatic rings. The van der Waals surface area contributed by atoms with Gasteiger partial charge in [-0.25, -0.2) is 4.79 Å². The van der Waals surface area contributed by atoms with Crippen molar-refractivity contribution >= 4 is 11.9 Å². The van der Waals surface area contributed by atoms with E-state index in [2.05, 4.69) is 5.32 Å². The first-order chi connectivity index (χ1) is 9.57. The minimum absolute atomic E-state index is 0.268. The lowest BCUT2D eigenvalue weighted by Crippen LogP contribution is -2.57. The minimum atomic E-state index is -1.24. The maximum Gasteiger partial charge on any atom is 0.329 e. The summed E-state index contributed by atoms with van der Waals surface area (Å²) in [5.74, 6) is -0.792. The SMILES string of the molecule is COc1ccc(C(=O)NC2(C(=O)O)CCOCC2)cc1. The van der Waals surface area contributed by atoms with Gasteiger partial charge in [0.25, 0.3) is 5.91 Å². The van der Waals surface area contributed by atoms with Crippen LogP contribution in [0.3, 0.4) is 0 Å². The molecule has 1 aromatic rings. The summed E-state index contributed by atoms with van der Waals surface area (Å²) in [6.45, 7) is 0.657. The Morgan fingerprint density at radius 1 is 1.25 bits per heavy atom. The smallest absolute Gasteiger partial charge is 0.329 e. The molecule has 2 rings (SSSR count). The van der Waals surface area contributed by atoms with E-state index in [9.17, 15) is 14.7 Å². The van der Waals surface area contributed by atoms with E-state index in [0.29, 0.717) is 24.5 Å². The molecule has 1 aromatic carbocycles. The number of hydrogen-bond donors (Lipinski definition) is 2. The van der Waals surface area contributed by atoms with Gasteiger partial charge in [-0.2, -0.15) is 0 Å². The molecule has 6 heteroatoms. The van der Waals surface area contributed by atoms with E-state index >= 15 is 0 Å². The second kappa shape index (κ2) is 5.92. The van der Waals surface area contributed by atoms with Gasteiger partial charge in [-0.3, -0.25) is 4.79 Å². The molecule has 1 saturated heterocycles. The molecule has 0 aromatic heterocycles. The number of ether oxygens (including phenoxy) is 2. The van der Waals surface area contributed by atoms with Gasteiger partial charge in [-0.05, 0) is 24.3 Å². The van der Waals surface area contributed by atoms with Crippen LogP contribution >= 0.6 is 0 Å². The van der Waals surface area contributed by atoms with E-state index < -0.39 is 17.4 Å². The molecular formula is C14H17NO5. The molecule has 1 heterocycles. The number of carbonyl (C=O) groups excluding carboxylic acids is 1. The largest absolute Gasteiger partial charge is 0.497 e. The number of methoxy groups -OCH3 is 1. The van der Waals surface area contributed by atoms with Crippen LogP contribution in [0.2, 0.25) is 0 Å². The van der Waals surface area contributed by atoms with Crippen molar-refractivity contribution in [2.75, 3.05) is 20.3 Å². The third-order valence-electron chi connectivity index (χ3n) is 3.46. The van der Waals surface area contributed by atoms with Crippen molar-refractivity contribution < 1.29 is 24.2 Å². The first-order valence-corrected chi connectivity index (χ1v) is 6.35. The summed E-state index contributed by atoms with van der Waals surface area (Å²) in [7, 11) is 1.54. The summed E-state index contributed by atoms with van der Waals surface area (Å²) >= 11 is 0. The molecule has 0 saturated carbocycles. The maximum absolute atomic E-state index is 12.2. The van der Waals surface area contributed by atoms with Crippen LogP contribution in [0.5, 0.6) is 5.75 Å². The molecule has 1 amide bonds. The van der Waals surface area contributed by atoms with Gasteiger partial charge < -0.3 is 19.9 Å². The number of carboxylic acid groups (broad SMARTS) is 1. The van der Waals surface area contributed by atoms with Crippen LogP contribution in [-0.4, -0.2) is 42.8 Å². The highest BCUT2D eigenvalue weighted by Gasteiger charge is 2.41. The van der Waals surface area contributed by atoms with Gasteiger partial charge in [-0.15, -0.1) is 0 Å². The Bertz CT molecular complexity index is 491. The molecule has 0 atom stereocenters. The van der Waals surface area contributed by atoms with Gasteiger partial charge in [0, 0.05) is 31.6 Å². The van der Waals surface area contributed by atoms with Crippen molar-refractivity contribution in [2.45, 2.75) is 18.4 Å². The maximum atomic E-state index is 12.2. The topological polar surface area (TPSA) is 84.9 Å². The molecule has 6 nitrogen and oxygen atoms in total. The number of rotatable bonds is 4. The standard InChI is InChI=1S/C14H17NO5/c1-19-11-4-2-10(3-5-11)12(16)15-14(13(17)18)6-8-20-9-7-14/h2-5H,6-9H2,1H3,(H,15,16)(H,17,18). The lowest BCUT2D eigenvalue weighted by Gasteiger charge is -2.33. The van der Waals surface area contributed by atoms with Gasteiger partial charge in [-0.1, -0.05) is 0 Å². The Morgan fingerprint density at radius 3 is 2.35 bits per heavy atom. The van der Waals surface area contributed by atoms with Crippen molar-refractivity contribution in [3.63, 3.8) is 0 Å². The zero-order valence-corrected chi connectivity index (χ0v) is 11.2. The second-order valence-corrected chi connectivity index (χ2v) is 4.68. The van der Waals surface area contributed by atoms with E-state index in [1.165, 1.54) is 7.11 Å². The predicted molar refractivity (Wildman–Crippen MR) is 70.9 cm³/mol.